The van der Waals surface area contributed by atoms with Gasteiger partial charge in [0, 0.05) is 38.2 Å². The Morgan fingerprint density at radius 2 is 1.88 bits per heavy atom. The van der Waals surface area contributed by atoms with Crippen LogP contribution in [-0.2, 0) is 19.4 Å². The Balaban J connectivity index is 2.06. The van der Waals surface area contributed by atoms with Gasteiger partial charge in [-0.1, -0.05) is 6.07 Å². The molecular formula is C19H28N2O4S. The largest absolute Gasteiger partial charge is 0.339 e. The van der Waals surface area contributed by atoms with Crippen LogP contribution in [0.5, 0.6) is 0 Å². The summed E-state index contributed by atoms with van der Waals surface area (Å²) < 4.78 is 23.4. The maximum Gasteiger partial charge on any atom is 0.224 e. The summed E-state index contributed by atoms with van der Waals surface area (Å²) in [5.74, 6) is -0.0404. The van der Waals surface area contributed by atoms with Crippen LogP contribution in [0, 0.1) is 13.8 Å². The first kappa shape index (κ1) is 20.4. The van der Waals surface area contributed by atoms with E-state index in [0.717, 1.165) is 16.8 Å². The number of amides is 2. The van der Waals surface area contributed by atoms with Gasteiger partial charge in [0.25, 0.3) is 0 Å². The summed E-state index contributed by atoms with van der Waals surface area (Å²) in [5, 5.41) is 0. The number of benzene rings is 1. The van der Waals surface area contributed by atoms with Crippen molar-refractivity contribution >= 4 is 27.3 Å². The number of nitrogens with zero attached hydrogens (tertiary/aromatic N) is 2. The van der Waals surface area contributed by atoms with Gasteiger partial charge in [0.15, 0.2) is 9.84 Å². The van der Waals surface area contributed by atoms with Crippen LogP contribution in [0.1, 0.15) is 37.8 Å². The van der Waals surface area contributed by atoms with Crippen LogP contribution in [0.4, 0.5) is 5.69 Å². The lowest BCUT2D eigenvalue weighted by Gasteiger charge is -2.28. The number of sulfone groups is 1. The van der Waals surface area contributed by atoms with Crippen molar-refractivity contribution in [3.63, 3.8) is 0 Å². The molecule has 0 N–H and O–H groups in total. The molecule has 0 spiro atoms. The lowest BCUT2D eigenvalue weighted by atomic mass is 10.1. The molecule has 1 unspecified atom stereocenters. The zero-order valence-electron chi connectivity index (χ0n) is 16.0. The van der Waals surface area contributed by atoms with Crippen molar-refractivity contribution in [2.45, 2.75) is 46.6 Å². The molecule has 1 heterocycles. The van der Waals surface area contributed by atoms with Crippen molar-refractivity contribution in [2.75, 3.05) is 29.5 Å². The van der Waals surface area contributed by atoms with Gasteiger partial charge in [-0.3, -0.25) is 9.59 Å². The molecule has 1 atom stereocenters. The molecule has 1 saturated heterocycles. The summed E-state index contributed by atoms with van der Waals surface area (Å²) in [6.45, 7) is 8.10. The first-order valence-corrected chi connectivity index (χ1v) is 10.8. The Morgan fingerprint density at radius 3 is 2.38 bits per heavy atom. The Hall–Kier alpha value is -1.89. The molecular weight excluding hydrogens is 352 g/mol. The summed E-state index contributed by atoms with van der Waals surface area (Å²) >= 11 is 0. The minimum Gasteiger partial charge on any atom is -0.339 e. The third kappa shape index (κ3) is 4.84. The van der Waals surface area contributed by atoms with Gasteiger partial charge in [-0.15, -0.1) is 0 Å². The number of carbonyl (C=O) groups excluding carboxylic acids is 2. The highest BCUT2D eigenvalue weighted by molar-refractivity contribution is 7.91. The molecule has 1 aromatic rings. The number of hydrogen-bond donors (Lipinski definition) is 0. The van der Waals surface area contributed by atoms with Gasteiger partial charge >= 0.3 is 0 Å². The van der Waals surface area contributed by atoms with Gasteiger partial charge in [0.05, 0.1) is 11.5 Å². The van der Waals surface area contributed by atoms with Crippen LogP contribution >= 0.6 is 0 Å². The summed E-state index contributed by atoms with van der Waals surface area (Å²) in [5.41, 5.74) is 3.01. The molecule has 1 aliphatic heterocycles. The Kier molecular flexibility index (Phi) is 6.44. The highest BCUT2D eigenvalue weighted by atomic mass is 32.2. The van der Waals surface area contributed by atoms with Gasteiger partial charge in [-0.2, -0.15) is 0 Å². The molecule has 6 nitrogen and oxygen atoms in total. The lowest BCUT2D eigenvalue weighted by Crippen LogP contribution is -2.42. The summed E-state index contributed by atoms with van der Waals surface area (Å²) in [6.07, 6.45) is 0.673. The second-order valence-corrected chi connectivity index (χ2v) is 9.15. The maximum absolute atomic E-state index is 12.6. The van der Waals surface area contributed by atoms with Crippen LogP contribution in [-0.4, -0.2) is 55.8 Å². The normalized spacial score (nSPS) is 18.5. The maximum atomic E-state index is 12.6. The molecule has 1 aromatic carbocycles. The van der Waals surface area contributed by atoms with E-state index in [4.69, 9.17) is 0 Å². The highest BCUT2D eigenvalue weighted by Gasteiger charge is 2.33. The van der Waals surface area contributed by atoms with Crippen LogP contribution in [0.25, 0.3) is 0 Å². The van der Waals surface area contributed by atoms with Crippen molar-refractivity contribution in [1.82, 2.24) is 4.90 Å². The molecule has 0 bridgehead atoms. The monoisotopic (exact) mass is 380 g/mol. The number of aryl methyl sites for hydroxylation is 2. The summed E-state index contributed by atoms with van der Waals surface area (Å²) in [4.78, 5) is 27.9. The van der Waals surface area contributed by atoms with E-state index in [0.29, 0.717) is 13.0 Å². The fourth-order valence-corrected chi connectivity index (χ4v) is 5.10. The van der Waals surface area contributed by atoms with Crippen LogP contribution in [0.2, 0.25) is 0 Å². The van der Waals surface area contributed by atoms with Gasteiger partial charge in [-0.25, -0.2) is 8.42 Å². The van der Waals surface area contributed by atoms with Gasteiger partial charge < -0.3 is 9.80 Å². The van der Waals surface area contributed by atoms with Crippen LogP contribution in [0.3, 0.4) is 0 Å². The minimum absolute atomic E-state index is 0.0418. The highest BCUT2D eigenvalue weighted by Crippen LogP contribution is 2.21. The molecule has 0 saturated carbocycles. The third-order valence-corrected chi connectivity index (χ3v) is 6.79. The molecule has 26 heavy (non-hydrogen) atoms. The second-order valence-electron chi connectivity index (χ2n) is 6.93. The van der Waals surface area contributed by atoms with Crippen molar-refractivity contribution in [1.29, 1.82) is 0 Å². The topological polar surface area (TPSA) is 74.8 Å². The van der Waals surface area contributed by atoms with Crippen molar-refractivity contribution in [3.05, 3.63) is 29.3 Å². The second kappa shape index (κ2) is 8.20. The minimum atomic E-state index is -3.04. The molecule has 2 amide bonds. The van der Waals surface area contributed by atoms with Crippen LogP contribution < -0.4 is 4.90 Å². The first-order chi connectivity index (χ1) is 12.1. The van der Waals surface area contributed by atoms with E-state index in [1.54, 1.807) is 9.80 Å². The molecule has 1 fully saturated rings. The first-order valence-electron chi connectivity index (χ1n) is 9.00. The van der Waals surface area contributed by atoms with E-state index in [2.05, 4.69) is 0 Å². The number of carbonyl (C=O) groups is 2. The van der Waals surface area contributed by atoms with E-state index in [-0.39, 0.29) is 42.3 Å². The van der Waals surface area contributed by atoms with Gasteiger partial charge in [0.1, 0.15) is 0 Å². The molecule has 0 radical (unpaired) electrons. The van der Waals surface area contributed by atoms with Crippen molar-refractivity contribution in [2.24, 2.45) is 0 Å². The number of hydrogen-bond acceptors (Lipinski definition) is 4. The Labute approximate surface area is 156 Å². The number of anilines is 1. The number of rotatable bonds is 6. The predicted molar refractivity (Wildman–Crippen MR) is 103 cm³/mol. The zero-order chi connectivity index (χ0) is 19.5. The predicted octanol–water partition coefficient (Wildman–Crippen LogP) is 2.08. The standard InChI is InChI=1S/C19H28N2O4S/c1-5-20(18-9-11-26(24,25)13-18)19(23)8-10-21(16(4)22)17-7-6-14(2)15(3)12-17/h6-7,12,18H,5,8-11,13H2,1-4H3. The summed E-state index contributed by atoms with van der Waals surface area (Å²) in [7, 11) is -3.04. The van der Waals surface area contributed by atoms with E-state index >= 15 is 0 Å². The van der Waals surface area contributed by atoms with E-state index in [9.17, 15) is 18.0 Å². The van der Waals surface area contributed by atoms with Crippen molar-refractivity contribution < 1.29 is 18.0 Å². The van der Waals surface area contributed by atoms with Gasteiger partial charge in [-0.05, 0) is 50.5 Å². The zero-order valence-corrected chi connectivity index (χ0v) is 16.8. The van der Waals surface area contributed by atoms with E-state index < -0.39 is 9.84 Å². The van der Waals surface area contributed by atoms with Crippen molar-refractivity contribution in [3.8, 4) is 0 Å². The molecule has 7 heteroatoms. The van der Waals surface area contributed by atoms with E-state index in [1.807, 2.05) is 39.0 Å². The van der Waals surface area contributed by atoms with E-state index in [1.165, 1.54) is 6.92 Å². The average molecular weight is 381 g/mol. The Bertz CT molecular complexity index is 789. The molecule has 144 valence electrons. The lowest BCUT2D eigenvalue weighted by molar-refractivity contribution is -0.132. The Morgan fingerprint density at radius 1 is 1.19 bits per heavy atom. The third-order valence-electron chi connectivity index (χ3n) is 5.04. The fourth-order valence-electron chi connectivity index (χ4n) is 3.37. The van der Waals surface area contributed by atoms with Gasteiger partial charge in [0.2, 0.25) is 11.8 Å². The quantitative estimate of drug-likeness (QED) is 0.757. The molecule has 2 rings (SSSR count). The molecule has 0 aromatic heterocycles. The molecule has 0 aliphatic carbocycles. The average Bonchev–Trinajstić information content (AvgIpc) is 2.91. The smallest absolute Gasteiger partial charge is 0.224 e. The SMILES string of the molecule is CCN(C(=O)CCN(C(C)=O)c1ccc(C)c(C)c1)C1CCS(=O)(=O)C1. The summed E-state index contributed by atoms with van der Waals surface area (Å²) in [6, 6.07) is 5.55. The fraction of sp³-hybridized carbons (Fsp3) is 0.579. The van der Waals surface area contributed by atoms with Crippen LogP contribution in [0.15, 0.2) is 18.2 Å². The molecule has 1 aliphatic rings.